The van der Waals surface area contributed by atoms with Gasteiger partial charge in [0.1, 0.15) is 5.56 Å². The molecule has 0 aliphatic heterocycles. The number of phenols is 1. The van der Waals surface area contributed by atoms with Crippen LogP contribution in [-0.4, -0.2) is 38.0 Å². The summed E-state index contributed by atoms with van der Waals surface area (Å²) >= 11 is 0. The number of carbonyl (C=O) groups is 3. The number of rotatable bonds is 5. The molecule has 9 heteroatoms. The van der Waals surface area contributed by atoms with E-state index in [1.807, 2.05) is 0 Å². The van der Waals surface area contributed by atoms with Crippen molar-refractivity contribution in [1.82, 2.24) is 0 Å². The number of carboxylic acid groups (broad SMARTS) is 2. The summed E-state index contributed by atoms with van der Waals surface area (Å²) in [6.45, 7) is 0. The highest BCUT2D eigenvalue weighted by Crippen LogP contribution is 2.32. The van der Waals surface area contributed by atoms with E-state index in [0.717, 1.165) is 6.07 Å². The van der Waals surface area contributed by atoms with Crippen molar-refractivity contribution < 1.29 is 34.6 Å². The van der Waals surface area contributed by atoms with Crippen LogP contribution in [0, 0.1) is 10.1 Å². The molecule has 0 bridgehead atoms. The van der Waals surface area contributed by atoms with Crippen LogP contribution < -0.4 is 0 Å². The molecule has 2 aromatic carbocycles. The number of ketones is 1. The normalized spacial score (nSPS) is 10.2. The zero-order valence-corrected chi connectivity index (χ0v) is 11.8. The van der Waals surface area contributed by atoms with Crippen LogP contribution in [0.4, 0.5) is 5.69 Å². The monoisotopic (exact) mass is 331 g/mol. The van der Waals surface area contributed by atoms with Crippen LogP contribution in [0.2, 0.25) is 0 Å². The third kappa shape index (κ3) is 2.90. The molecule has 2 aromatic rings. The fourth-order valence-electron chi connectivity index (χ4n) is 2.08. The molecule has 24 heavy (non-hydrogen) atoms. The maximum atomic E-state index is 12.5. The molecule has 0 amide bonds. The lowest BCUT2D eigenvalue weighted by atomic mass is 9.96. The van der Waals surface area contributed by atoms with Crippen LogP contribution in [-0.2, 0) is 0 Å². The number of nitro groups is 1. The molecule has 0 unspecified atom stereocenters. The lowest BCUT2D eigenvalue weighted by Crippen LogP contribution is -2.11. The predicted molar refractivity (Wildman–Crippen MR) is 78.6 cm³/mol. The van der Waals surface area contributed by atoms with Crippen molar-refractivity contribution in [2.24, 2.45) is 0 Å². The lowest BCUT2D eigenvalue weighted by Gasteiger charge is -2.07. The van der Waals surface area contributed by atoms with Gasteiger partial charge in [0.05, 0.1) is 10.5 Å². The highest BCUT2D eigenvalue weighted by molar-refractivity contribution is 6.15. The standard InChI is InChI=1S/C15H9NO8/c17-12(8-3-1-2-4-9(8)14(19)20)7-5-10(15(21)22)13(18)11(6-7)16(23)24/h1-6,18H,(H,19,20)(H,21,22). The zero-order chi connectivity index (χ0) is 18.0. The van der Waals surface area contributed by atoms with E-state index in [1.54, 1.807) is 0 Å². The Morgan fingerprint density at radius 1 is 0.917 bits per heavy atom. The average molecular weight is 331 g/mol. The Balaban J connectivity index is 2.69. The summed E-state index contributed by atoms with van der Waals surface area (Å²) in [6.07, 6.45) is 0. The van der Waals surface area contributed by atoms with Crippen molar-refractivity contribution in [3.8, 4) is 5.75 Å². The van der Waals surface area contributed by atoms with E-state index in [-0.39, 0.29) is 11.1 Å². The molecule has 122 valence electrons. The molecule has 0 heterocycles. The van der Waals surface area contributed by atoms with Crippen LogP contribution in [0.3, 0.4) is 0 Å². The van der Waals surface area contributed by atoms with E-state index in [2.05, 4.69) is 0 Å². The second-order valence-corrected chi connectivity index (χ2v) is 4.63. The minimum atomic E-state index is -1.67. The summed E-state index contributed by atoms with van der Waals surface area (Å²) in [4.78, 5) is 44.6. The zero-order valence-electron chi connectivity index (χ0n) is 11.8. The predicted octanol–water partition coefficient (Wildman–Crippen LogP) is 1.93. The van der Waals surface area contributed by atoms with Gasteiger partial charge in [-0.2, -0.15) is 0 Å². The summed E-state index contributed by atoms with van der Waals surface area (Å²) in [5, 5.41) is 38.7. The summed E-state index contributed by atoms with van der Waals surface area (Å²) in [6, 6.07) is 6.61. The van der Waals surface area contributed by atoms with Crippen molar-refractivity contribution in [3.05, 3.63) is 68.8 Å². The van der Waals surface area contributed by atoms with Crippen LogP contribution in [0.5, 0.6) is 5.75 Å². The first-order valence-electron chi connectivity index (χ1n) is 6.35. The van der Waals surface area contributed by atoms with Gasteiger partial charge in [0, 0.05) is 17.2 Å². The molecule has 0 spiro atoms. The lowest BCUT2D eigenvalue weighted by molar-refractivity contribution is -0.385. The number of nitrogens with zero attached hydrogens (tertiary/aromatic N) is 1. The van der Waals surface area contributed by atoms with Gasteiger partial charge in [0.25, 0.3) is 0 Å². The molecule has 9 nitrogen and oxygen atoms in total. The molecule has 0 radical (unpaired) electrons. The third-order valence-corrected chi connectivity index (χ3v) is 3.18. The molecular formula is C15H9NO8. The van der Waals surface area contributed by atoms with Gasteiger partial charge < -0.3 is 15.3 Å². The second kappa shape index (κ2) is 6.16. The first kappa shape index (κ1) is 16.6. The Morgan fingerprint density at radius 3 is 1.96 bits per heavy atom. The molecular weight excluding hydrogens is 322 g/mol. The van der Waals surface area contributed by atoms with Gasteiger partial charge in [-0.3, -0.25) is 14.9 Å². The van der Waals surface area contributed by atoms with Gasteiger partial charge in [0.2, 0.25) is 5.75 Å². The highest BCUT2D eigenvalue weighted by Gasteiger charge is 2.26. The maximum Gasteiger partial charge on any atom is 0.339 e. The highest BCUT2D eigenvalue weighted by atomic mass is 16.6. The number of aromatic carboxylic acids is 2. The first-order valence-corrected chi connectivity index (χ1v) is 6.35. The third-order valence-electron chi connectivity index (χ3n) is 3.18. The number of aromatic hydroxyl groups is 1. The van der Waals surface area contributed by atoms with E-state index < -0.39 is 45.2 Å². The molecule has 0 fully saturated rings. The SMILES string of the molecule is O=C(O)c1ccccc1C(=O)c1cc(C(=O)O)c(O)c([N+](=O)[O-])c1. The average Bonchev–Trinajstić information content (AvgIpc) is 2.53. The fourth-order valence-corrected chi connectivity index (χ4v) is 2.08. The first-order chi connectivity index (χ1) is 11.2. The molecule has 3 N–H and O–H groups in total. The fraction of sp³-hybridized carbons (Fsp3) is 0. The maximum absolute atomic E-state index is 12.5. The van der Waals surface area contributed by atoms with E-state index in [0.29, 0.717) is 6.07 Å². The van der Waals surface area contributed by atoms with E-state index >= 15 is 0 Å². The van der Waals surface area contributed by atoms with Gasteiger partial charge in [-0.1, -0.05) is 18.2 Å². The van der Waals surface area contributed by atoms with E-state index in [9.17, 15) is 29.6 Å². The number of hydrogen-bond acceptors (Lipinski definition) is 6. The number of hydrogen-bond donors (Lipinski definition) is 3. The second-order valence-electron chi connectivity index (χ2n) is 4.63. The number of benzene rings is 2. The number of carbonyl (C=O) groups excluding carboxylic acids is 1. The van der Waals surface area contributed by atoms with Crippen molar-refractivity contribution in [3.63, 3.8) is 0 Å². The van der Waals surface area contributed by atoms with Crippen LogP contribution in [0.25, 0.3) is 0 Å². The summed E-state index contributed by atoms with van der Waals surface area (Å²) in [5.74, 6) is -5.06. The Morgan fingerprint density at radius 2 is 1.46 bits per heavy atom. The largest absolute Gasteiger partial charge is 0.501 e. The van der Waals surface area contributed by atoms with Crippen LogP contribution >= 0.6 is 0 Å². The van der Waals surface area contributed by atoms with Crippen LogP contribution in [0.1, 0.15) is 36.6 Å². The Hall–Kier alpha value is -3.75. The van der Waals surface area contributed by atoms with Crippen LogP contribution in [0.15, 0.2) is 36.4 Å². The smallest absolute Gasteiger partial charge is 0.339 e. The molecule has 0 atom stereocenters. The number of nitro benzene ring substituents is 1. The topological polar surface area (TPSA) is 155 Å². The molecule has 0 saturated heterocycles. The molecule has 0 saturated carbocycles. The molecule has 0 aliphatic carbocycles. The van der Waals surface area contributed by atoms with Crippen molar-refractivity contribution in [2.75, 3.05) is 0 Å². The molecule has 2 rings (SSSR count). The number of carboxylic acids is 2. The summed E-state index contributed by atoms with van der Waals surface area (Å²) in [7, 11) is 0. The van der Waals surface area contributed by atoms with Crippen molar-refractivity contribution in [1.29, 1.82) is 0 Å². The van der Waals surface area contributed by atoms with Gasteiger partial charge in [-0.15, -0.1) is 0 Å². The Kier molecular flexibility index (Phi) is 4.27. The minimum absolute atomic E-state index is 0.263. The van der Waals surface area contributed by atoms with Crippen molar-refractivity contribution in [2.45, 2.75) is 0 Å². The Labute approximate surface area is 133 Å². The van der Waals surface area contributed by atoms with Crippen molar-refractivity contribution >= 4 is 23.4 Å². The minimum Gasteiger partial charge on any atom is -0.501 e. The van der Waals surface area contributed by atoms with Gasteiger partial charge in [-0.05, 0) is 12.1 Å². The molecule has 0 aromatic heterocycles. The molecule has 0 aliphatic rings. The van der Waals surface area contributed by atoms with E-state index in [1.165, 1.54) is 24.3 Å². The summed E-state index contributed by atoms with van der Waals surface area (Å²) < 4.78 is 0. The summed E-state index contributed by atoms with van der Waals surface area (Å²) in [5.41, 5.74) is -2.83. The van der Waals surface area contributed by atoms with Gasteiger partial charge >= 0.3 is 17.6 Å². The van der Waals surface area contributed by atoms with E-state index in [4.69, 9.17) is 10.2 Å². The quantitative estimate of drug-likeness (QED) is 0.426. The van der Waals surface area contributed by atoms with Gasteiger partial charge in [-0.25, -0.2) is 9.59 Å². The van der Waals surface area contributed by atoms with Gasteiger partial charge in [0.15, 0.2) is 5.78 Å². The Bertz CT molecular complexity index is 852.